The van der Waals surface area contributed by atoms with Crippen LogP contribution in [-0.2, 0) is 9.59 Å². The highest BCUT2D eigenvalue weighted by molar-refractivity contribution is 5.98. The first-order valence-corrected chi connectivity index (χ1v) is 8.75. The molecule has 1 aromatic rings. The zero-order chi connectivity index (χ0) is 20.1. The van der Waals surface area contributed by atoms with E-state index in [2.05, 4.69) is 5.32 Å². The monoisotopic (exact) mass is 363 g/mol. The predicted octanol–water partition coefficient (Wildman–Crippen LogP) is 3.38. The lowest BCUT2D eigenvalue weighted by molar-refractivity contribution is -0.138. The smallest absolute Gasteiger partial charge is 0.313 e. The second kappa shape index (κ2) is 8.94. The maximum atomic E-state index is 12.5. The molecule has 0 heterocycles. The minimum Gasteiger partial charge on any atom is -0.426 e. The van der Waals surface area contributed by atoms with Gasteiger partial charge in [0.15, 0.2) is 5.78 Å². The molecule has 0 radical (unpaired) electrons. The summed E-state index contributed by atoms with van der Waals surface area (Å²) in [6, 6.07) is 4.41. The zero-order valence-electron chi connectivity index (χ0n) is 16.6. The SMILES string of the molecule is CC(C)C(=O)Oc1cc(OC(=O)C(C)C)cc(C(=O)CNC(C)(C)C)c1. The molecule has 0 unspecified atom stereocenters. The first kappa shape index (κ1) is 21.8. The second-order valence-electron chi connectivity index (χ2n) is 7.87. The number of carbonyl (C=O) groups excluding carboxylic acids is 3. The minimum atomic E-state index is -0.427. The summed E-state index contributed by atoms with van der Waals surface area (Å²) >= 11 is 0. The number of Topliss-reactive ketones (excluding diaryl/α,β-unsaturated/α-hetero) is 1. The van der Waals surface area contributed by atoms with Crippen LogP contribution in [0, 0.1) is 11.8 Å². The van der Waals surface area contributed by atoms with Crippen molar-refractivity contribution in [1.29, 1.82) is 0 Å². The van der Waals surface area contributed by atoms with E-state index in [-0.39, 0.29) is 41.2 Å². The van der Waals surface area contributed by atoms with Crippen LogP contribution in [0.3, 0.4) is 0 Å². The number of benzene rings is 1. The Kier molecular flexibility index (Phi) is 7.51. The molecule has 0 saturated carbocycles. The van der Waals surface area contributed by atoms with Gasteiger partial charge in [-0.2, -0.15) is 0 Å². The van der Waals surface area contributed by atoms with Gasteiger partial charge in [0, 0.05) is 17.2 Å². The molecule has 26 heavy (non-hydrogen) atoms. The van der Waals surface area contributed by atoms with E-state index in [1.54, 1.807) is 27.7 Å². The van der Waals surface area contributed by atoms with Gasteiger partial charge in [-0.1, -0.05) is 27.7 Å². The third kappa shape index (κ3) is 7.35. The topological polar surface area (TPSA) is 81.7 Å². The summed E-state index contributed by atoms with van der Waals surface area (Å²) in [6.07, 6.45) is 0. The Morgan fingerprint density at radius 2 is 1.31 bits per heavy atom. The van der Waals surface area contributed by atoms with Gasteiger partial charge in [-0.25, -0.2) is 0 Å². The number of hydrogen-bond acceptors (Lipinski definition) is 6. The summed E-state index contributed by atoms with van der Waals surface area (Å²) in [4.78, 5) is 36.2. The molecule has 0 spiro atoms. The van der Waals surface area contributed by atoms with E-state index in [4.69, 9.17) is 9.47 Å². The van der Waals surface area contributed by atoms with Crippen molar-refractivity contribution >= 4 is 17.7 Å². The van der Waals surface area contributed by atoms with Gasteiger partial charge in [0.25, 0.3) is 0 Å². The predicted molar refractivity (Wildman–Crippen MR) is 99.5 cm³/mol. The van der Waals surface area contributed by atoms with Crippen LogP contribution < -0.4 is 14.8 Å². The van der Waals surface area contributed by atoms with Crippen molar-refractivity contribution in [2.45, 2.75) is 54.0 Å². The number of nitrogens with one attached hydrogen (secondary N) is 1. The Balaban J connectivity index is 3.12. The lowest BCUT2D eigenvalue weighted by Crippen LogP contribution is -2.39. The molecule has 0 atom stereocenters. The lowest BCUT2D eigenvalue weighted by Gasteiger charge is -2.20. The molecule has 0 bridgehead atoms. The van der Waals surface area contributed by atoms with Gasteiger partial charge in [-0.3, -0.25) is 14.4 Å². The maximum Gasteiger partial charge on any atom is 0.313 e. The van der Waals surface area contributed by atoms with Crippen LogP contribution in [0.2, 0.25) is 0 Å². The summed E-state index contributed by atoms with van der Waals surface area (Å²) in [6.45, 7) is 12.8. The van der Waals surface area contributed by atoms with Crippen molar-refractivity contribution in [3.05, 3.63) is 23.8 Å². The summed E-state index contributed by atoms with van der Waals surface area (Å²) in [5.41, 5.74) is 0.0898. The van der Waals surface area contributed by atoms with Crippen LogP contribution in [-0.4, -0.2) is 29.8 Å². The summed E-state index contributed by atoms with van der Waals surface area (Å²) in [7, 11) is 0. The van der Waals surface area contributed by atoms with Gasteiger partial charge in [0.1, 0.15) is 11.5 Å². The molecule has 0 aromatic heterocycles. The molecule has 6 nitrogen and oxygen atoms in total. The summed E-state index contributed by atoms with van der Waals surface area (Å²) in [5.74, 6) is -1.33. The zero-order valence-corrected chi connectivity index (χ0v) is 16.6. The average Bonchev–Trinajstić information content (AvgIpc) is 2.51. The van der Waals surface area contributed by atoms with Crippen molar-refractivity contribution in [3.63, 3.8) is 0 Å². The van der Waals surface area contributed by atoms with E-state index >= 15 is 0 Å². The average molecular weight is 363 g/mol. The van der Waals surface area contributed by atoms with E-state index < -0.39 is 11.9 Å². The third-order valence-corrected chi connectivity index (χ3v) is 3.36. The van der Waals surface area contributed by atoms with E-state index in [9.17, 15) is 14.4 Å². The number of hydrogen-bond donors (Lipinski definition) is 1. The highest BCUT2D eigenvalue weighted by Crippen LogP contribution is 2.25. The van der Waals surface area contributed by atoms with Gasteiger partial charge in [0.05, 0.1) is 18.4 Å². The maximum absolute atomic E-state index is 12.5. The van der Waals surface area contributed by atoms with Crippen LogP contribution >= 0.6 is 0 Å². The normalized spacial score (nSPS) is 11.6. The van der Waals surface area contributed by atoms with Crippen molar-refractivity contribution < 1.29 is 23.9 Å². The molecular formula is C20H29NO5. The standard InChI is InChI=1S/C20H29NO5/c1-12(2)18(23)25-15-8-14(17(22)11-21-20(5,6)7)9-16(10-15)26-19(24)13(3)4/h8-10,12-13,21H,11H2,1-7H3. The van der Waals surface area contributed by atoms with Crippen LogP contribution in [0.4, 0.5) is 0 Å². The van der Waals surface area contributed by atoms with E-state index in [0.29, 0.717) is 5.56 Å². The first-order valence-electron chi connectivity index (χ1n) is 8.75. The van der Waals surface area contributed by atoms with Gasteiger partial charge in [0.2, 0.25) is 0 Å². The Morgan fingerprint density at radius 1 is 0.885 bits per heavy atom. The number of ketones is 1. The molecule has 144 valence electrons. The Bertz CT molecular complexity index is 631. The largest absolute Gasteiger partial charge is 0.426 e. The number of esters is 2. The second-order valence-corrected chi connectivity index (χ2v) is 7.87. The van der Waals surface area contributed by atoms with Crippen LogP contribution in [0.5, 0.6) is 11.5 Å². The fourth-order valence-electron chi connectivity index (χ4n) is 1.77. The fourth-order valence-corrected chi connectivity index (χ4v) is 1.77. The number of carbonyl (C=O) groups is 3. The van der Waals surface area contributed by atoms with Crippen LogP contribution in [0.15, 0.2) is 18.2 Å². The van der Waals surface area contributed by atoms with Crippen molar-refractivity contribution in [3.8, 4) is 11.5 Å². The van der Waals surface area contributed by atoms with Gasteiger partial charge < -0.3 is 14.8 Å². The summed E-state index contributed by atoms with van der Waals surface area (Å²) < 4.78 is 10.6. The molecule has 0 amide bonds. The van der Waals surface area contributed by atoms with Crippen molar-refractivity contribution in [1.82, 2.24) is 5.32 Å². The lowest BCUT2D eigenvalue weighted by atomic mass is 10.1. The van der Waals surface area contributed by atoms with Crippen LogP contribution in [0.1, 0.15) is 58.8 Å². The van der Waals surface area contributed by atoms with E-state index in [1.807, 2.05) is 20.8 Å². The molecule has 6 heteroatoms. The van der Waals surface area contributed by atoms with Gasteiger partial charge in [-0.05, 0) is 32.9 Å². The molecule has 1 N–H and O–H groups in total. The molecule has 0 aliphatic heterocycles. The molecule has 0 aliphatic rings. The molecule has 0 aliphatic carbocycles. The number of ether oxygens (including phenoxy) is 2. The third-order valence-electron chi connectivity index (χ3n) is 3.36. The molecule has 1 rings (SSSR count). The molecule has 1 aromatic carbocycles. The quantitative estimate of drug-likeness (QED) is 0.454. The highest BCUT2D eigenvalue weighted by atomic mass is 16.5. The van der Waals surface area contributed by atoms with Gasteiger partial charge >= 0.3 is 11.9 Å². The fraction of sp³-hybridized carbons (Fsp3) is 0.550. The number of rotatable bonds is 7. The highest BCUT2D eigenvalue weighted by Gasteiger charge is 2.18. The van der Waals surface area contributed by atoms with E-state index in [1.165, 1.54) is 18.2 Å². The molecule has 0 saturated heterocycles. The first-order chi connectivity index (χ1) is 11.9. The molecule has 0 fully saturated rings. The van der Waals surface area contributed by atoms with Crippen LogP contribution in [0.25, 0.3) is 0 Å². The van der Waals surface area contributed by atoms with Crippen molar-refractivity contribution in [2.24, 2.45) is 11.8 Å². The Hall–Kier alpha value is -2.21. The molecular weight excluding hydrogens is 334 g/mol. The Labute approximate surface area is 155 Å². The van der Waals surface area contributed by atoms with Crippen molar-refractivity contribution in [2.75, 3.05) is 6.54 Å². The van der Waals surface area contributed by atoms with E-state index in [0.717, 1.165) is 0 Å². The Morgan fingerprint density at radius 3 is 1.65 bits per heavy atom. The summed E-state index contributed by atoms with van der Waals surface area (Å²) in [5, 5.41) is 3.11. The minimum absolute atomic E-state index is 0.114. The van der Waals surface area contributed by atoms with Gasteiger partial charge in [-0.15, -0.1) is 0 Å².